The number of carbonyl (C=O) groups is 1. The summed E-state index contributed by atoms with van der Waals surface area (Å²) in [6, 6.07) is 8.63. The highest BCUT2D eigenvalue weighted by Crippen LogP contribution is 2.16. The number of benzene rings is 1. The number of nitrogens with one attached hydrogen (secondary N) is 1. The second-order valence-electron chi connectivity index (χ2n) is 4.48. The molecule has 1 atom stereocenters. The van der Waals surface area contributed by atoms with E-state index in [-0.39, 0.29) is 18.5 Å². The van der Waals surface area contributed by atoms with Crippen LogP contribution in [0, 0.1) is 0 Å². The number of amides is 1. The summed E-state index contributed by atoms with van der Waals surface area (Å²) in [7, 11) is -3.48. The van der Waals surface area contributed by atoms with Gasteiger partial charge in [-0.15, -0.1) is 0 Å². The maximum atomic E-state index is 11.8. The van der Waals surface area contributed by atoms with Crippen molar-refractivity contribution >= 4 is 21.6 Å². The van der Waals surface area contributed by atoms with Crippen LogP contribution in [0.3, 0.4) is 0 Å². The molecule has 1 rings (SSSR count). The van der Waals surface area contributed by atoms with Crippen LogP contribution >= 0.6 is 0 Å². The van der Waals surface area contributed by atoms with Crippen molar-refractivity contribution in [3.05, 3.63) is 30.3 Å². The van der Waals surface area contributed by atoms with E-state index in [4.69, 9.17) is 0 Å². The van der Waals surface area contributed by atoms with Crippen LogP contribution in [0.1, 0.15) is 20.3 Å². The third-order valence-electron chi connectivity index (χ3n) is 2.75. The highest BCUT2D eigenvalue weighted by atomic mass is 32.2. The largest absolute Gasteiger partial charge is 0.352 e. The third kappa shape index (κ3) is 4.90. The van der Waals surface area contributed by atoms with Crippen molar-refractivity contribution in [2.45, 2.75) is 26.3 Å². The quantitative estimate of drug-likeness (QED) is 0.858. The van der Waals surface area contributed by atoms with E-state index in [0.717, 1.165) is 17.0 Å². The fourth-order valence-corrected chi connectivity index (χ4v) is 2.40. The van der Waals surface area contributed by atoms with Gasteiger partial charge in [0.05, 0.1) is 11.9 Å². The second kappa shape index (κ2) is 6.56. The summed E-state index contributed by atoms with van der Waals surface area (Å²) < 4.78 is 24.6. The summed E-state index contributed by atoms with van der Waals surface area (Å²) in [6.45, 7) is 3.63. The molecule has 0 aliphatic heterocycles. The van der Waals surface area contributed by atoms with Gasteiger partial charge >= 0.3 is 0 Å². The van der Waals surface area contributed by atoms with Crippen LogP contribution in [-0.4, -0.2) is 33.2 Å². The van der Waals surface area contributed by atoms with Gasteiger partial charge in [-0.1, -0.05) is 25.1 Å². The number of para-hydroxylation sites is 1. The minimum Gasteiger partial charge on any atom is -0.352 e. The number of carbonyl (C=O) groups excluding carboxylic acids is 1. The van der Waals surface area contributed by atoms with E-state index < -0.39 is 10.0 Å². The molecule has 0 aliphatic rings. The fourth-order valence-electron chi connectivity index (χ4n) is 1.55. The Morgan fingerprint density at radius 2 is 1.89 bits per heavy atom. The molecule has 5 nitrogen and oxygen atoms in total. The van der Waals surface area contributed by atoms with Crippen molar-refractivity contribution in [2.24, 2.45) is 0 Å². The predicted molar refractivity (Wildman–Crippen MR) is 76.5 cm³/mol. The topological polar surface area (TPSA) is 66.5 Å². The highest BCUT2D eigenvalue weighted by molar-refractivity contribution is 7.92. The van der Waals surface area contributed by atoms with E-state index in [1.165, 1.54) is 0 Å². The van der Waals surface area contributed by atoms with Crippen molar-refractivity contribution < 1.29 is 13.2 Å². The molecule has 0 fully saturated rings. The van der Waals surface area contributed by atoms with Gasteiger partial charge in [0, 0.05) is 6.04 Å². The van der Waals surface area contributed by atoms with E-state index in [2.05, 4.69) is 5.32 Å². The normalized spacial score (nSPS) is 12.8. The molecule has 106 valence electrons. The first kappa shape index (κ1) is 15.5. The number of nitrogens with zero attached hydrogens (tertiary/aromatic N) is 1. The lowest BCUT2D eigenvalue weighted by atomic mass is 10.2. The Bertz CT molecular complexity index is 514. The molecule has 1 N–H and O–H groups in total. The molecule has 1 aromatic rings. The van der Waals surface area contributed by atoms with Crippen molar-refractivity contribution in [2.75, 3.05) is 17.1 Å². The van der Waals surface area contributed by atoms with Gasteiger partial charge in [0.15, 0.2) is 0 Å². The minimum absolute atomic E-state index is 0.0321. The van der Waals surface area contributed by atoms with Gasteiger partial charge in [0.2, 0.25) is 15.9 Å². The van der Waals surface area contributed by atoms with Gasteiger partial charge in [-0.05, 0) is 25.5 Å². The van der Waals surface area contributed by atoms with Crippen LogP contribution in [-0.2, 0) is 14.8 Å². The Kier molecular flexibility index (Phi) is 5.35. The Morgan fingerprint density at radius 1 is 1.32 bits per heavy atom. The maximum absolute atomic E-state index is 11.8. The first-order valence-corrected chi connectivity index (χ1v) is 8.01. The molecule has 0 radical (unpaired) electrons. The Hall–Kier alpha value is -1.56. The van der Waals surface area contributed by atoms with E-state index in [0.29, 0.717) is 5.69 Å². The molecule has 0 unspecified atom stereocenters. The van der Waals surface area contributed by atoms with Gasteiger partial charge in [0.1, 0.15) is 6.54 Å². The lowest BCUT2D eigenvalue weighted by Crippen LogP contribution is -2.43. The molecule has 0 saturated heterocycles. The van der Waals surface area contributed by atoms with Gasteiger partial charge in [-0.3, -0.25) is 9.10 Å². The maximum Gasteiger partial charge on any atom is 0.240 e. The van der Waals surface area contributed by atoms with Crippen LogP contribution in [0.4, 0.5) is 5.69 Å². The van der Waals surface area contributed by atoms with Crippen molar-refractivity contribution in [1.29, 1.82) is 0 Å². The lowest BCUT2D eigenvalue weighted by molar-refractivity contribution is -0.120. The smallest absolute Gasteiger partial charge is 0.240 e. The standard InChI is InChI=1S/C13H20N2O3S/c1-4-11(2)14-13(16)10-15(19(3,17)18)12-8-6-5-7-9-12/h5-9,11H,4,10H2,1-3H3,(H,14,16)/t11-/m1/s1. The molecule has 6 heteroatoms. The molecule has 0 aliphatic carbocycles. The summed E-state index contributed by atoms with van der Waals surface area (Å²) in [4.78, 5) is 11.8. The van der Waals surface area contributed by atoms with E-state index in [9.17, 15) is 13.2 Å². The number of hydrogen-bond acceptors (Lipinski definition) is 3. The van der Waals surface area contributed by atoms with E-state index >= 15 is 0 Å². The highest BCUT2D eigenvalue weighted by Gasteiger charge is 2.20. The number of sulfonamides is 1. The van der Waals surface area contributed by atoms with Crippen LogP contribution in [0.5, 0.6) is 0 Å². The zero-order chi connectivity index (χ0) is 14.5. The molecular formula is C13H20N2O3S. The van der Waals surface area contributed by atoms with Crippen LogP contribution in [0.2, 0.25) is 0 Å². The van der Waals surface area contributed by atoms with Gasteiger partial charge < -0.3 is 5.32 Å². The Balaban J connectivity index is 2.87. The molecule has 0 saturated carbocycles. The van der Waals surface area contributed by atoms with Crippen LogP contribution in [0.25, 0.3) is 0 Å². The van der Waals surface area contributed by atoms with Crippen molar-refractivity contribution in [3.63, 3.8) is 0 Å². The SMILES string of the molecule is CC[C@@H](C)NC(=O)CN(c1ccccc1)S(C)(=O)=O. The van der Waals surface area contributed by atoms with Gasteiger partial charge in [0.25, 0.3) is 0 Å². The predicted octanol–water partition coefficient (Wildman–Crippen LogP) is 1.37. The number of anilines is 1. The molecule has 0 aromatic heterocycles. The molecule has 1 amide bonds. The first-order chi connectivity index (χ1) is 8.84. The van der Waals surface area contributed by atoms with Crippen molar-refractivity contribution in [1.82, 2.24) is 5.32 Å². The zero-order valence-electron chi connectivity index (χ0n) is 11.5. The molecular weight excluding hydrogens is 264 g/mol. The summed E-state index contributed by atoms with van der Waals surface area (Å²) in [6.07, 6.45) is 1.90. The van der Waals surface area contributed by atoms with Crippen LogP contribution in [0.15, 0.2) is 30.3 Å². The van der Waals surface area contributed by atoms with Gasteiger partial charge in [-0.25, -0.2) is 8.42 Å². The summed E-state index contributed by atoms with van der Waals surface area (Å²) >= 11 is 0. The van der Waals surface area contributed by atoms with Crippen LogP contribution < -0.4 is 9.62 Å². The second-order valence-corrected chi connectivity index (χ2v) is 6.39. The molecule has 0 bridgehead atoms. The van der Waals surface area contributed by atoms with Gasteiger partial charge in [-0.2, -0.15) is 0 Å². The Labute approximate surface area is 114 Å². The van der Waals surface area contributed by atoms with Crippen molar-refractivity contribution in [3.8, 4) is 0 Å². The summed E-state index contributed by atoms with van der Waals surface area (Å²) in [5, 5.41) is 2.76. The summed E-state index contributed by atoms with van der Waals surface area (Å²) in [5.74, 6) is -0.302. The monoisotopic (exact) mass is 284 g/mol. The molecule has 0 heterocycles. The number of rotatable bonds is 6. The average Bonchev–Trinajstić information content (AvgIpc) is 2.35. The molecule has 19 heavy (non-hydrogen) atoms. The van der Waals surface area contributed by atoms with E-state index in [1.807, 2.05) is 13.8 Å². The number of hydrogen-bond donors (Lipinski definition) is 1. The van der Waals surface area contributed by atoms with E-state index in [1.54, 1.807) is 30.3 Å². The fraction of sp³-hybridized carbons (Fsp3) is 0.462. The average molecular weight is 284 g/mol. The minimum atomic E-state index is -3.48. The molecule has 1 aromatic carbocycles. The third-order valence-corrected chi connectivity index (χ3v) is 3.89. The summed E-state index contributed by atoms with van der Waals surface area (Å²) in [5.41, 5.74) is 0.490. The molecule has 0 spiro atoms. The Morgan fingerprint density at radius 3 is 2.37 bits per heavy atom. The lowest BCUT2D eigenvalue weighted by Gasteiger charge is -2.22. The zero-order valence-corrected chi connectivity index (χ0v) is 12.3. The first-order valence-electron chi connectivity index (χ1n) is 6.16.